The van der Waals surface area contributed by atoms with Crippen LogP contribution in [-0.2, 0) is 0 Å². The Kier molecular flexibility index (Phi) is 2.03. The third-order valence-corrected chi connectivity index (χ3v) is 2.17. The second-order valence-electron chi connectivity index (χ2n) is 3.04. The van der Waals surface area contributed by atoms with Crippen molar-refractivity contribution < 1.29 is 18.3 Å². The molecule has 1 atom stereocenters. The highest BCUT2D eigenvalue weighted by Crippen LogP contribution is 2.39. The van der Waals surface area contributed by atoms with Gasteiger partial charge < -0.3 is 15.2 Å². The molecule has 0 radical (unpaired) electrons. The first-order chi connectivity index (χ1) is 6.65. The largest absolute Gasteiger partial charge is 0.491 e. The molecule has 5 heteroatoms. The minimum atomic E-state index is -0.824. The third-order valence-electron chi connectivity index (χ3n) is 2.17. The molecule has 1 aliphatic rings. The number of benzene rings is 1. The van der Waals surface area contributed by atoms with Gasteiger partial charge in [0.05, 0.1) is 13.2 Å². The van der Waals surface area contributed by atoms with Crippen molar-refractivity contribution in [1.29, 1.82) is 0 Å². The van der Waals surface area contributed by atoms with E-state index in [4.69, 9.17) is 10.5 Å². The maximum atomic E-state index is 13.5. The molecule has 0 spiro atoms. The van der Waals surface area contributed by atoms with Crippen LogP contribution in [0, 0.1) is 11.6 Å². The lowest BCUT2D eigenvalue weighted by molar-refractivity contribution is 0.305. The zero-order valence-corrected chi connectivity index (χ0v) is 7.51. The first kappa shape index (κ1) is 9.21. The molecule has 1 aliphatic heterocycles. The topological polar surface area (TPSA) is 44.5 Å². The minimum absolute atomic E-state index is 0.00394. The number of rotatable bonds is 1. The van der Waals surface area contributed by atoms with Crippen LogP contribution >= 0.6 is 0 Å². The molecule has 14 heavy (non-hydrogen) atoms. The zero-order valence-electron chi connectivity index (χ0n) is 7.51. The summed E-state index contributed by atoms with van der Waals surface area (Å²) >= 11 is 0. The van der Waals surface area contributed by atoms with Gasteiger partial charge in [0.1, 0.15) is 6.61 Å². The third kappa shape index (κ3) is 1.13. The molecule has 0 aliphatic carbocycles. The minimum Gasteiger partial charge on any atom is -0.491 e. The van der Waals surface area contributed by atoms with Crippen molar-refractivity contribution in [3.63, 3.8) is 0 Å². The SMILES string of the molecule is COc1c(F)cc2c(c1F)OC[C@H]2N. The molecule has 0 unspecified atom stereocenters. The zero-order chi connectivity index (χ0) is 10.3. The quantitative estimate of drug-likeness (QED) is 0.746. The van der Waals surface area contributed by atoms with Crippen molar-refractivity contribution >= 4 is 0 Å². The van der Waals surface area contributed by atoms with E-state index < -0.39 is 23.4 Å². The van der Waals surface area contributed by atoms with Gasteiger partial charge in [0, 0.05) is 5.56 Å². The van der Waals surface area contributed by atoms with Crippen molar-refractivity contribution in [2.45, 2.75) is 6.04 Å². The van der Waals surface area contributed by atoms with E-state index in [9.17, 15) is 8.78 Å². The Labute approximate surface area is 79.4 Å². The molecule has 1 aromatic rings. The van der Waals surface area contributed by atoms with Gasteiger partial charge in [-0.25, -0.2) is 4.39 Å². The van der Waals surface area contributed by atoms with E-state index in [1.54, 1.807) is 0 Å². The maximum absolute atomic E-state index is 13.5. The summed E-state index contributed by atoms with van der Waals surface area (Å²) in [6, 6.07) is 0.675. The lowest BCUT2D eigenvalue weighted by Gasteiger charge is -2.07. The van der Waals surface area contributed by atoms with E-state index in [2.05, 4.69) is 4.74 Å². The predicted molar refractivity (Wildman–Crippen MR) is 45.3 cm³/mol. The lowest BCUT2D eigenvalue weighted by atomic mass is 10.1. The highest BCUT2D eigenvalue weighted by atomic mass is 19.1. The number of hydrogen-bond donors (Lipinski definition) is 1. The van der Waals surface area contributed by atoms with Crippen LogP contribution in [0.25, 0.3) is 0 Å². The van der Waals surface area contributed by atoms with Gasteiger partial charge in [-0.1, -0.05) is 0 Å². The predicted octanol–water partition coefficient (Wildman–Crippen LogP) is 1.37. The van der Waals surface area contributed by atoms with Crippen LogP contribution < -0.4 is 15.2 Å². The molecule has 3 nitrogen and oxygen atoms in total. The number of ether oxygens (including phenoxy) is 2. The van der Waals surface area contributed by atoms with Crippen LogP contribution in [-0.4, -0.2) is 13.7 Å². The number of halogens is 2. The number of methoxy groups -OCH3 is 1. The smallest absolute Gasteiger partial charge is 0.210 e. The molecule has 76 valence electrons. The molecule has 0 aromatic heterocycles. The maximum Gasteiger partial charge on any atom is 0.210 e. The van der Waals surface area contributed by atoms with Crippen LogP contribution in [0.3, 0.4) is 0 Å². The first-order valence-corrected chi connectivity index (χ1v) is 4.09. The summed E-state index contributed by atoms with van der Waals surface area (Å²) in [5, 5.41) is 0. The monoisotopic (exact) mass is 201 g/mol. The molecule has 0 saturated carbocycles. The fraction of sp³-hybridized carbons (Fsp3) is 0.333. The van der Waals surface area contributed by atoms with Crippen molar-refractivity contribution in [2.24, 2.45) is 5.73 Å². The van der Waals surface area contributed by atoms with E-state index in [0.29, 0.717) is 5.56 Å². The summed E-state index contributed by atoms with van der Waals surface area (Å²) in [5.41, 5.74) is 5.92. The molecule has 2 rings (SSSR count). The Bertz CT molecular complexity index is 382. The molecule has 1 aromatic carbocycles. The Balaban J connectivity index is 2.63. The van der Waals surface area contributed by atoms with Crippen LogP contribution in [0.2, 0.25) is 0 Å². The van der Waals surface area contributed by atoms with Gasteiger partial charge in [-0.3, -0.25) is 0 Å². The summed E-state index contributed by atoms with van der Waals surface area (Å²) < 4.78 is 36.2. The Morgan fingerprint density at radius 1 is 1.57 bits per heavy atom. The van der Waals surface area contributed by atoms with Gasteiger partial charge >= 0.3 is 0 Å². The van der Waals surface area contributed by atoms with Gasteiger partial charge in [-0.2, -0.15) is 4.39 Å². The molecule has 0 bridgehead atoms. The van der Waals surface area contributed by atoms with Gasteiger partial charge in [0.15, 0.2) is 17.3 Å². The fourth-order valence-electron chi connectivity index (χ4n) is 1.47. The van der Waals surface area contributed by atoms with Crippen LogP contribution in [0.5, 0.6) is 11.5 Å². The average Bonchev–Trinajstić information content (AvgIpc) is 2.49. The van der Waals surface area contributed by atoms with E-state index in [1.165, 1.54) is 7.11 Å². The van der Waals surface area contributed by atoms with E-state index >= 15 is 0 Å². The van der Waals surface area contributed by atoms with Crippen molar-refractivity contribution in [3.8, 4) is 11.5 Å². The second kappa shape index (κ2) is 3.09. The van der Waals surface area contributed by atoms with Crippen LogP contribution in [0.1, 0.15) is 11.6 Å². The van der Waals surface area contributed by atoms with Gasteiger partial charge in [-0.05, 0) is 6.07 Å². The normalized spacial score (nSPS) is 19.0. The highest BCUT2D eigenvalue weighted by Gasteiger charge is 2.28. The molecular weight excluding hydrogens is 192 g/mol. The highest BCUT2D eigenvalue weighted by molar-refractivity contribution is 5.47. The summed E-state index contributed by atoms with van der Waals surface area (Å²) in [4.78, 5) is 0. The molecule has 1 heterocycles. The summed E-state index contributed by atoms with van der Waals surface area (Å²) in [6.07, 6.45) is 0. The van der Waals surface area contributed by atoms with E-state index in [0.717, 1.165) is 6.07 Å². The second-order valence-corrected chi connectivity index (χ2v) is 3.04. The van der Waals surface area contributed by atoms with E-state index in [1.807, 2.05) is 0 Å². The fourth-order valence-corrected chi connectivity index (χ4v) is 1.47. The van der Waals surface area contributed by atoms with Gasteiger partial charge in [0.25, 0.3) is 0 Å². The number of fused-ring (bicyclic) bond motifs is 1. The molecular formula is C9H9F2NO2. The Morgan fingerprint density at radius 3 is 2.93 bits per heavy atom. The summed E-state index contributed by atoms with van der Waals surface area (Å²) in [6.45, 7) is 0.166. The van der Waals surface area contributed by atoms with Crippen LogP contribution in [0.15, 0.2) is 6.07 Å². The average molecular weight is 201 g/mol. The van der Waals surface area contributed by atoms with Gasteiger partial charge in [0.2, 0.25) is 5.82 Å². The lowest BCUT2D eigenvalue weighted by Crippen LogP contribution is -2.10. The van der Waals surface area contributed by atoms with Crippen molar-refractivity contribution in [1.82, 2.24) is 0 Å². The van der Waals surface area contributed by atoms with E-state index in [-0.39, 0.29) is 12.4 Å². The Morgan fingerprint density at radius 2 is 2.29 bits per heavy atom. The number of nitrogens with two attached hydrogens (primary N) is 1. The first-order valence-electron chi connectivity index (χ1n) is 4.09. The molecule has 2 N–H and O–H groups in total. The Hall–Kier alpha value is -1.36. The van der Waals surface area contributed by atoms with Crippen molar-refractivity contribution in [2.75, 3.05) is 13.7 Å². The van der Waals surface area contributed by atoms with Crippen molar-refractivity contribution in [3.05, 3.63) is 23.3 Å². The summed E-state index contributed by atoms with van der Waals surface area (Å²) in [7, 11) is 1.20. The standard InChI is InChI=1S/C9H9F2NO2/c1-13-9-5(10)2-4-6(12)3-14-8(4)7(9)11/h2,6H,3,12H2,1H3/t6-/m1/s1. The molecule has 0 saturated heterocycles. The molecule has 0 amide bonds. The summed E-state index contributed by atoms with van der Waals surface area (Å²) in [5.74, 6) is -2.02. The molecule has 0 fully saturated rings. The number of hydrogen-bond acceptors (Lipinski definition) is 3. The van der Waals surface area contributed by atoms with Gasteiger partial charge in [-0.15, -0.1) is 0 Å². The van der Waals surface area contributed by atoms with Crippen LogP contribution in [0.4, 0.5) is 8.78 Å².